The number of aromatic nitrogens is 2. The van der Waals surface area contributed by atoms with Crippen LogP contribution >= 0.6 is 0 Å². The third-order valence-electron chi connectivity index (χ3n) is 4.93. The van der Waals surface area contributed by atoms with E-state index in [2.05, 4.69) is 10.3 Å². The molecule has 0 aliphatic carbocycles. The molecule has 8 heteroatoms. The monoisotopic (exact) mass is 426 g/mol. The Bertz CT molecular complexity index is 1110. The van der Waals surface area contributed by atoms with Gasteiger partial charge in [-0.2, -0.15) is 0 Å². The number of anilines is 1. The van der Waals surface area contributed by atoms with Gasteiger partial charge < -0.3 is 9.88 Å². The summed E-state index contributed by atoms with van der Waals surface area (Å²) in [6.45, 7) is 5.00. The molecule has 0 saturated heterocycles. The van der Waals surface area contributed by atoms with Gasteiger partial charge in [-0.25, -0.2) is 13.4 Å². The SMILES string of the molecule is Cc1ccc(S(=O)(=O)N(C)c2cc(C(=O)NCCCn3ccnc3)ccc2C)cc1. The van der Waals surface area contributed by atoms with Gasteiger partial charge in [0.2, 0.25) is 0 Å². The van der Waals surface area contributed by atoms with Crippen LogP contribution in [0.5, 0.6) is 0 Å². The van der Waals surface area contributed by atoms with Crippen molar-refractivity contribution in [2.75, 3.05) is 17.9 Å². The van der Waals surface area contributed by atoms with Crippen LogP contribution in [0.25, 0.3) is 0 Å². The molecular formula is C22H26N4O3S. The van der Waals surface area contributed by atoms with E-state index in [9.17, 15) is 13.2 Å². The Morgan fingerprint density at radius 3 is 2.53 bits per heavy atom. The summed E-state index contributed by atoms with van der Waals surface area (Å²) in [7, 11) is -2.22. The molecule has 1 heterocycles. The van der Waals surface area contributed by atoms with Crippen molar-refractivity contribution in [1.82, 2.24) is 14.9 Å². The van der Waals surface area contributed by atoms with Gasteiger partial charge >= 0.3 is 0 Å². The Labute approximate surface area is 177 Å². The summed E-state index contributed by atoms with van der Waals surface area (Å²) < 4.78 is 29.2. The number of nitrogens with one attached hydrogen (secondary N) is 1. The van der Waals surface area contributed by atoms with Gasteiger partial charge in [0.15, 0.2) is 0 Å². The fourth-order valence-corrected chi connectivity index (χ4v) is 4.32. The predicted molar refractivity (Wildman–Crippen MR) is 117 cm³/mol. The van der Waals surface area contributed by atoms with Gasteiger partial charge in [0, 0.05) is 38.1 Å². The highest BCUT2D eigenvalue weighted by Crippen LogP contribution is 2.26. The number of amides is 1. The molecule has 1 aromatic heterocycles. The molecule has 0 radical (unpaired) electrons. The van der Waals surface area contributed by atoms with Gasteiger partial charge in [0.1, 0.15) is 0 Å². The fourth-order valence-electron chi connectivity index (χ4n) is 3.07. The van der Waals surface area contributed by atoms with Crippen LogP contribution in [-0.2, 0) is 16.6 Å². The van der Waals surface area contributed by atoms with Crippen molar-refractivity contribution in [3.05, 3.63) is 77.9 Å². The first-order valence-corrected chi connectivity index (χ1v) is 11.1. The number of hydrogen-bond acceptors (Lipinski definition) is 4. The number of carbonyl (C=O) groups excluding carboxylic acids is 1. The molecule has 0 saturated carbocycles. The third-order valence-corrected chi connectivity index (χ3v) is 6.71. The van der Waals surface area contributed by atoms with E-state index < -0.39 is 10.0 Å². The molecule has 7 nitrogen and oxygen atoms in total. The molecule has 0 spiro atoms. The van der Waals surface area contributed by atoms with Gasteiger partial charge in [-0.1, -0.05) is 23.8 Å². The van der Waals surface area contributed by atoms with Gasteiger partial charge in [0.25, 0.3) is 15.9 Å². The van der Waals surface area contributed by atoms with Crippen molar-refractivity contribution >= 4 is 21.6 Å². The van der Waals surface area contributed by atoms with Crippen LogP contribution in [0.1, 0.15) is 27.9 Å². The minimum Gasteiger partial charge on any atom is -0.352 e. The molecule has 0 unspecified atom stereocenters. The largest absolute Gasteiger partial charge is 0.352 e. The lowest BCUT2D eigenvalue weighted by atomic mass is 10.1. The number of sulfonamides is 1. The van der Waals surface area contributed by atoms with E-state index in [1.807, 2.05) is 24.6 Å². The molecule has 0 atom stereocenters. The van der Waals surface area contributed by atoms with Crippen LogP contribution in [-0.4, -0.2) is 37.5 Å². The zero-order valence-corrected chi connectivity index (χ0v) is 18.2. The zero-order valence-electron chi connectivity index (χ0n) is 17.4. The van der Waals surface area contributed by atoms with E-state index in [1.54, 1.807) is 55.0 Å². The van der Waals surface area contributed by atoms with E-state index in [-0.39, 0.29) is 10.8 Å². The number of aryl methyl sites for hydroxylation is 3. The highest BCUT2D eigenvalue weighted by Gasteiger charge is 2.23. The quantitative estimate of drug-likeness (QED) is 0.561. The maximum Gasteiger partial charge on any atom is 0.264 e. The van der Waals surface area contributed by atoms with Gasteiger partial charge in [-0.3, -0.25) is 9.10 Å². The number of rotatable bonds is 8. The van der Waals surface area contributed by atoms with Crippen molar-refractivity contribution in [1.29, 1.82) is 0 Å². The summed E-state index contributed by atoms with van der Waals surface area (Å²) in [5, 5.41) is 2.88. The van der Waals surface area contributed by atoms with E-state index in [1.165, 1.54) is 11.4 Å². The summed E-state index contributed by atoms with van der Waals surface area (Å²) in [5.74, 6) is -0.233. The van der Waals surface area contributed by atoms with Crippen molar-refractivity contribution in [3.8, 4) is 0 Å². The Balaban J connectivity index is 1.72. The fraction of sp³-hybridized carbons (Fsp3) is 0.273. The Hall–Kier alpha value is -3.13. The smallest absolute Gasteiger partial charge is 0.264 e. The predicted octanol–water partition coefficient (Wildman–Crippen LogP) is 3.15. The number of hydrogen-bond donors (Lipinski definition) is 1. The molecule has 0 aliphatic rings. The molecular weight excluding hydrogens is 400 g/mol. The molecule has 3 rings (SSSR count). The van der Waals surface area contributed by atoms with Crippen molar-refractivity contribution < 1.29 is 13.2 Å². The van der Waals surface area contributed by atoms with Crippen LogP contribution in [0.3, 0.4) is 0 Å². The average molecular weight is 427 g/mol. The first-order valence-electron chi connectivity index (χ1n) is 9.69. The van der Waals surface area contributed by atoms with Crippen LogP contribution in [0, 0.1) is 13.8 Å². The topological polar surface area (TPSA) is 84.3 Å². The molecule has 3 aromatic rings. The van der Waals surface area contributed by atoms with Gasteiger partial charge in [-0.15, -0.1) is 0 Å². The number of imidazole rings is 1. The zero-order chi connectivity index (χ0) is 21.7. The summed E-state index contributed by atoms with van der Waals surface area (Å²) in [5.41, 5.74) is 2.65. The first-order chi connectivity index (χ1) is 14.3. The number of nitrogens with zero attached hydrogens (tertiary/aromatic N) is 3. The maximum absolute atomic E-state index is 13.0. The summed E-state index contributed by atoms with van der Waals surface area (Å²) >= 11 is 0. The second-order valence-electron chi connectivity index (χ2n) is 7.20. The second-order valence-corrected chi connectivity index (χ2v) is 9.17. The summed E-state index contributed by atoms with van der Waals surface area (Å²) in [4.78, 5) is 16.7. The van der Waals surface area contributed by atoms with E-state index >= 15 is 0 Å². The number of benzene rings is 2. The summed E-state index contributed by atoms with van der Waals surface area (Å²) in [6, 6.07) is 11.8. The Kier molecular flexibility index (Phi) is 6.56. The lowest BCUT2D eigenvalue weighted by molar-refractivity contribution is 0.0952. The molecule has 0 bridgehead atoms. The van der Waals surface area contributed by atoms with Gasteiger partial charge in [0.05, 0.1) is 16.9 Å². The highest BCUT2D eigenvalue weighted by atomic mass is 32.2. The van der Waals surface area contributed by atoms with Crippen molar-refractivity contribution in [2.24, 2.45) is 0 Å². The van der Waals surface area contributed by atoms with E-state index in [0.717, 1.165) is 24.1 Å². The van der Waals surface area contributed by atoms with E-state index in [4.69, 9.17) is 0 Å². The lowest BCUT2D eigenvalue weighted by Crippen LogP contribution is -2.28. The minimum atomic E-state index is -3.73. The van der Waals surface area contributed by atoms with Crippen molar-refractivity contribution in [3.63, 3.8) is 0 Å². The molecule has 2 aromatic carbocycles. The normalized spacial score (nSPS) is 11.3. The minimum absolute atomic E-state index is 0.212. The van der Waals surface area contributed by atoms with E-state index in [0.29, 0.717) is 17.8 Å². The van der Waals surface area contributed by atoms with Crippen LogP contribution < -0.4 is 9.62 Å². The molecule has 1 amide bonds. The van der Waals surface area contributed by atoms with Crippen molar-refractivity contribution in [2.45, 2.75) is 31.7 Å². The molecule has 30 heavy (non-hydrogen) atoms. The average Bonchev–Trinajstić information content (AvgIpc) is 3.25. The first kappa shape index (κ1) is 21.6. The molecule has 0 aliphatic heterocycles. The molecule has 0 fully saturated rings. The van der Waals surface area contributed by atoms with Gasteiger partial charge in [-0.05, 0) is 50.1 Å². The van der Waals surface area contributed by atoms with Crippen LogP contribution in [0.15, 0.2) is 66.1 Å². The Morgan fingerprint density at radius 1 is 1.13 bits per heavy atom. The standard InChI is InChI=1S/C22H26N4O3S/c1-17-5-9-20(10-6-17)30(28,29)25(3)21-15-19(8-7-18(21)2)22(27)24-11-4-13-26-14-12-23-16-26/h5-10,12,14-16H,4,11,13H2,1-3H3,(H,24,27). The number of carbonyl (C=O) groups is 1. The maximum atomic E-state index is 13.0. The summed E-state index contributed by atoms with van der Waals surface area (Å²) in [6.07, 6.45) is 6.09. The molecule has 1 N–H and O–H groups in total. The van der Waals surface area contributed by atoms with Crippen LogP contribution in [0.2, 0.25) is 0 Å². The lowest BCUT2D eigenvalue weighted by Gasteiger charge is -2.22. The van der Waals surface area contributed by atoms with Crippen LogP contribution in [0.4, 0.5) is 5.69 Å². The Morgan fingerprint density at radius 2 is 1.87 bits per heavy atom. The molecule has 158 valence electrons. The third kappa shape index (κ3) is 4.88. The highest BCUT2D eigenvalue weighted by molar-refractivity contribution is 7.92. The second kappa shape index (κ2) is 9.13.